The molecule has 1 saturated heterocycles. The van der Waals surface area contributed by atoms with Crippen LogP contribution in [0.3, 0.4) is 0 Å². The number of nitrogens with zero attached hydrogens (tertiary/aromatic N) is 1. The number of likely N-dealkylation sites (N-methyl/N-ethyl adjacent to an activating group) is 1. The first-order valence-electron chi connectivity index (χ1n) is 4.90. The minimum absolute atomic E-state index is 0.0144. The van der Waals surface area contributed by atoms with Crippen LogP contribution in [0.4, 0.5) is 0 Å². The summed E-state index contributed by atoms with van der Waals surface area (Å²) in [5, 5.41) is 2.99. The second-order valence-corrected chi connectivity index (χ2v) is 4.81. The first-order chi connectivity index (χ1) is 7.15. The van der Waals surface area contributed by atoms with Gasteiger partial charge in [-0.1, -0.05) is 15.9 Å². The van der Waals surface area contributed by atoms with Gasteiger partial charge in [-0.15, -0.1) is 0 Å². The molecule has 1 aliphatic rings. The van der Waals surface area contributed by atoms with Crippen molar-refractivity contribution in [3.63, 3.8) is 0 Å². The van der Waals surface area contributed by atoms with Gasteiger partial charge >= 0.3 is 0 Å². The Labute approximate surface area is 97.6 Å². The second-order valence-electron chi connectivity index (χ2n) is 3.90. The molecular weight excluding hydrogens is 256 g/mol. The lowest BCUT2D eigenvalue weighted by atomic mass is 10.1. The fraction of sp³-hybridized carbons (Fsp3) is 0.364. The standard InChI is InChI=1S/C11H13BrN2O/c1-14-6-10(7-14)13-11(15)8-2-4-9(12)5-3-8/h2-5,10H,6-7H2,1H3,(H,13,15). The molecule has 1 heterocycles. The van der Waals surface area contributed by atoms with Gasteiger partial charge in [0.2, 0.25) is 0 Å². The molecule has 0 aliphatic carbocycles. The topological polar surface area (TPSA) is 32.3 Å². The zero-order valence-corrected chi connectivity index (χ0v) is 10.1. The summed E-state index contributed by atoms with van der Waals surface area (Å²) in [6, 6.07) is 7.71. The molecule has 1 aliphatic heterocycles. The molecule has 0 radical (unpaired) electrons. The SMILES string of the molecule is CN1CC(NC(=O)c2ccc(Br)cc2)C1. The Morgan fingerprint density at radius 2 is 2.00 bits per heavy atom. The van der Waals surface area contributed by atoms with E-state index in [2.05, 4.69) is 26.1 Å². The van der Waals surface area contributed by atoms with Crippen LogP contribution in [0, 0.1) is 0 Å². The average molecular weight is 269 g/mol. The maximum absolute atomic E-state index is 11.7. The molecule has 2 rings (SSSR count). The van der Waals surface area contributed by atoms with Crippen molar-refractivity contribution in [2.45, 2.75) is 6.04 Å². The number of halogens is 1. The molecule has 3 nitrogen and oxygen atoms in total. The van der Waals surface area contributed by atoms with Gasteiger partial charge in [0.05, 0.1) is 6.04 Å². The monoisotopic (exact) mass is 268 g/mol. The van der Waals surface area contributed by atoms with Gasteiger partial charge in [-0.25, -0.2) is 0 Å². The van der Waals surface area contributed by atoms with Crippen LogP contribution in [0.5, 0.6) is 0 Å². The van der Waals surface area contributed by atoms with Gasteiger partial charge in [-0.05, 0) is 31.3 Å². The average Bonchev–Trinajstić information content (AvgIpc) is 2.16. The zero-order chi connectivity index (χ0) is 10.8. The lowest BCUT2D eigenvalue weighted by Crippen LogP contribution is -2.57. The van der Waals surface area contributed by atoms with E-state index in [0.29, 0.717) is 11.6 Å². The van der Waals surface area contributed by atoms with Crippen molar-refractivity contribution < 1.29 is 4.79 Å². The van der Waals surface area contributed by atoms with Crippen LogP contribution in [-0.4, -0.2) is 37.0 Å². The molecule has 1 amide bonds. The maximum Gasteiger partial charge on any atom is 0.251 e. The van der Waals surface area contributed by atoms with Crippen molar-refractivity contribution in [3.05, 3.63) is 34.3 Å². The summed E-state index contributed by atoms with van der Waals surface area (Å²) in [6.45, 7) is 1.89. The molecule has 0 spiro atoms. The summed E-state index contributed by atoms with van der Waals surface area (Å²) < 4.78 is 0.988. The van der Waals surface area contributed by atoms with Crippen molar-refractivity contribution in [2.75, 3.05) is 20.1 Å². The summed E-state index contributed by atoms with van der Waals surface area (Å²) in [7, 11) is 2.04. The number of likely N-dealkylation sites (tertiary alicyclic amines) is 1. The number of carbonyl (C=O) groups is 1. The number of hydrogen-bond donors (Lipinski definition) is 1. The molecule has 1 aromatic rings. The molecule has 0 atom stereocenters. The molecule has 0 unspecified atom stereocenters. The minimum atomic E-state index is 0.0144. The first-order valence-corrected chi connectivity index (χ1v) is 5.69. The van der Waals surface area contributed by atoms with Gasteiger partial charge in [0.25, 0.3) is 5.91 Å². The van der Waals surface area contributed by atoms with Crippen molar-refractivity contribution in [3.8, 4) is 0 Å². The number of amides is 1. The largest absolute Gasteiger partial charge is 0.347 e. The highest BCUT2D eigenvalue weighted by molar-refractivity contribution is 9.10. The quantitative estimate of drug-likeness (QED) is 0.882. The number of rotatable bonds is 2. The second kappa shape index (κ2) is 4.33. The van der Waals surface area contributed by atoms with Gasteiger partial charge in [0, 0.05) is 23.1 Å². The molecule has 1 aromatic carbocycles. The Hall–Kier alpha value is -0.870. The molecule has 1 fully saturated rings. The van der Waals surface area contributed by atoms with E-state index >= 15 is 0 Å². The third kappa shape index (κ3) is 2.58. The third-order valence-corrected chi connectivity index (χ3v) is 3.03. The van der Waals surface area contributed by atoms with Gasteiger partial charge in [-0.2, -0.15) is 0 Å². The van der Waals surface area contributed by atoms with Crippen LogP contribution in [0.25, 0.3) is 0 Å². The highest BCUT2D eigenvalue weighted by Crippen LogP contribution is 2.11. The molecular formula is C11H13BrN2O. The Bertz CT molecular complexity index is 357. The minimum Gasteiger partial charge on any atom is -0.347 e. The van der Waals surface area contributed by atoms with E-state index in [1.165, 1.54) is 0 Å². The number of nitrogens with one attached hydrogen (secondary N) is 1. The van der Waals surface area contributed by atoms with E-state index in [1.54, 1.807) is 0 Å². The first kappa shape index (κ1) is 10.6. The summed E-state index contributed by atoms with van der Waals surface area (Å²) in [6.07, 6.45) is 0. The molecule has 0 bridgehead atoms. The Morgan fingerprint density at radius 3 is 2.53 bits per heavy atom. The van der Waals surface area contributed by atoms with Crippen LogP contribution < -0.4 is 5.32 Å². The van der Waals surface area contributed by atoms with Crippen molar-refractivity contribution in [1.29, 1.82) is 0 Å². The highest BCUT2D eigenvalue weighted by atomic mass is 79.9. The van der Waals surface area contributed by atoms with E-state index < -0.39 is 0 Å². The van der Waals surface area contributed by atoms with E-state index in [1.807, 2.05) is 31.3 Å². The van der Waals surface area contributed by atoms with E-state index in [-0.39, 0.29) is 5.91 Å². The van der Waals surface area contributed by atoms with E-state index in [9.17, 15) is 4.79 Å². The predicted octanol–water partition coefficient (Wildman–Crippen LogP) is 1.49. The highest BCUT2D eigenvalue weighted by Gasteiger charge is 2.24. The number of benzene rings is 1. The molecule has 1 N–H and O–H groups in total. The Morgan fingerprint density at radius 1 is 1.40 bits per heavy atom. The summed E-state index contributed by atoms with van der Waals surface area (Å²) in [5.74, 6) is 0.0144. The molecule has 4 heteroatoms. The molecule has 0 aromatic heterocycles. The van der Waals surface area contributed by atoms with Crippen LogP contribution in [-0.2, 0) is 0 Å². The lowest BCUT2D eigenvalue weighted by molar-refractivity contribution is 0.0858. The molecule has 0 saturated carbocycles. The van der Waals surface area contributed by atoms with Crippen LogP contribution in [0.1, 0.15) is 10.4 Å². The van der Waals surface area contributed by atoms with E-state index in [4.69, 9.17) is 0 Å². The maximum atomic E-state index is 11.7. The Kier molecular flexibility index (Phi) is 3.07. The van der Waals surface area contributed by atoms with Crippen LogP contribution >= 0.6 is 15.9 Å². The Balaban J connectivity index is 1.93. The van der Waals surface area contributed by atoms with Crippen molar-refractivity contribution >= 4 is 21.8 Å². The number of hydrogen-bond acceptors (Lipinski definition) is 2. The lowest BCUT2D eigenvalue weighted by Gasteiger charge is -2.36. The van der Waals surface area contributed by atoms with Crippen LogP contribution in [0.15, 0.2) is 28.7 Å². The third-order valence-electron chi connectivity index (χ3n) is 2.51. The summed E-state index contributed by atoms with van der Waals surface area (Å²) >= 11 is 3.34. The van der Waals surface area contributed by atoms with Crippen molar-refractivity contribution in [2.24, 2.45) is 0 Å². The summed E-state index contributed by atoms with van der Waals surface area (Å²) in [4.78, 5) is 13.9. The molecule has 15 heavy (non-hydrogen) atoms. The van der Waals surface area contributed by atoms with Crippen molar-refractivity contribution in [1.82, 2.24) is 10.2 Å². The summed E-state index contributed by atoms with van der Waals surface area (Å²) in [5.41, 5.74) is 0.716. The fourth-order valence-corrected chi connectivity index (χ4v) is 1.92. The van der Waals surface area contributed by atoms with Gasteiger partial charge in [0.1, 0.15) is 0 Å². The zero-order valence-electron chi connectivity index (χ0n) is 8.53. The van der Waals surface area contributed by atoms with Crippen LogP contribution in [0.2, 0.25) is 0 Å². The predicted molar refractivity (Wildman–Crippen MR) is 62.9 cm³/mol. The number of carbonyl (C=O) groups excluding carboxylic acids is 1. The molecule has 80 valence electrons. The van der Waals surface area contributed by atoms with Gasteiger partial charge in [-0.3, -0.25) is 4.79 Å². The normalized spacial score (nSPS) is 17.2. The van der Waals surface area contributed by atoms with E-state index in [0.717, 1.165) is 17.6 Å². The van der Waals surface area contributed by atoms with Gasteiger partial charge < -0.3 is 10.2 Å². The fourth-order valence-electron chi connectivity index (χ4n) is 1.66. The smallest absolute Gasteiger partial charge is 0.251 e. The van der Waals surface area contributed by atoms with Gasteiger partial charge in [0.15, 0.2) is 0 Å².